The third-order valence-corrected chi connectivity index (χ3v) is 5.25. The van der Waals surface area contributed by atoms with E-state index >= 15 is 0 Å². The number of hydrogen-bond acceptors (Lipinski definition) is 4. The van der Waals surface area contributed by atoms with Crippen molar-refractivity contribution >= 4 is 23.6 Å². The predicted octanol–water partition coefficient (Wildman–Crippen LogP) is 4.62. The van der Waals surface area contributed by atoms with Crippen LogP contribution in [0.2, 0.25) is 0 Å². The van der Waals surface area contributed by atoms with Crippen LogP contribution in [0.15, 0.2) is 35.5 Å². The Kier molecular flexibility index (Phi) is 7.87. The largest absolute Gasteiger partial charge is 0.463 e. The molecule has 0 saturated heterocycles. The van der Waals surface area contributed by atoms with Crippen LogP contribution >= 0.6 is 0 Å². The van der Waals surface area contributed by atoms with Crippen molar-refractivity contribution < 1.29 is 19.1 Å². The molecule has 170 valence electrons. The minimum atomic E-state index is -0.653. The van der Waals surface area contributed by atoms with Gasteiger partial charge in [-0.05, 0) is 49.3 Å². The topological polar surface area (TPSA) is 87.7 Å². The summed E-state index contributed by atoms with van der Waals surface area (Å²) in [5.74, 6) is -0.265. The SMILES string of the molecule is CCOC(=O)C1=C(C)N(C)C(=O)N[C@@H]1c1cccc(NC(=O)C[C@@H](C)CC(C)(C)C)c1. The van der Waals surface area contributed by atoms with E-state index < -0.39 is 12.0 Å². The fourth-order valence-electron chi connectivity index (χ4n) is 4.00. The predicted molar refractivity (Wildman–Crippen MR) is 121 cm³/mol. The van der Waals surface area contributed by atoms with Crippen LogP contribution in [0.3, 0.4) is 0 Å². The highest BCUT2D eigenvalue weighted by atomic mass is 16.5. The first-order valence-electron chi connectivity index (χ1n) is 10.7. The van der Waals surface area contributed by atoms with Crippen LogP contribution in [0.25, 0.3) is 0 Å². The Labute approximate surface area is 185 Å². The standard InChI is InChI=1S/C24H35N3O4/c1-8-31-22(29)20-16(3)27(7)23(30)26-21(20)17-10-9-11-18(13-17)25-19(28)12-15(2)14-24(4,5)6/h9-11,13,15,21H,8,12,14H2,1-7H3,(H,25,28)(H,26,30)/t15-,21-/m1/s1. The van der Waals surface area contributed by atoms with Gasteiger partial charge >= 0.3 is 12.0 Å². The highest BCUT2D eigenvalue weighted by molar-refractivity contribution is 5.95. The maximum absolute atomic E-state index is 12.6. The lowest BCUT2D eigenvalue weighted by Crippen LogP contribution is -2.46. The number of nitrogens with zero attached hydrogens (tertiary/aromatic N) is 1. The van der Waals surface area contributed by atoms with E-state index in [1.54, 1.807) is 39.1 Å². The fourth-order valence-corrected chi connectivity index (χ4v) is 4.00. The average molecular weight is 430 g/mol. The number of esters is 1. The second-order valence-corrected chi connectivity index (χ2v) is 9.41. The molecule has 1 aliphatic heterocycles. The first-order valence-corrected chi connectivity index (χ1v) is 10.7. The molecule has 1 aliphatic rings. The molecule has 1 heterocycles. The van der Waals surface area contributed by atoms with E-state index in [0.29, 0.717) is 28.9 Å². The van der Waals surface area contributed by atoms with Crippen molar-refractivity contribution in [1.82, 2.24) is 10.2 Å². The summed E-state index contributed by atoms with van der Waals surface area (Å²) in [5, 5.41) is 5.80. The number of amides is 3. The Balaban J connectivity index is 2.24. The van der Waals surface area contributed by atoms with Crippen molar-refractivity contribution in [2.24, 2.45) is 11.3 Å². The first-order chi connectivity index (χ1) is 14.4. The molecule has 7 heteroatoms. The summed E-state index contributed by atoms with van der Waals surface area (Å²) in [5.41, 5.74) is 2.41. The highest BCUT2D eigenvalue weighted by Crippen LogP contribution is 2.32. The maximum atomic E-state index is 12.6. The van der Waals surface area contributed by atoms with Gasteiger partial charge in [-0.25, -0.2) is 9.59 Å². The van der Waals surface area contributed by atoms with Gasteiger partial charge in [0.15, 0.2) is 0 Å². The minimum Gasteiger partial charge on any atom is -0.463 e. The van der Waals surface area contributed by atoms with Crippen molar-refractivity contribution in [3.05, 3.63) is 41.1 Å². The van der Waals surface area contributed by atoms with Gasteiger partial charge in [-0.1, -0.05) is 39.8 Å². The highest BCUT2D eigenvalue weighted by Gasteiger charge is 2.35. The van der Waals surface area contributed by atoms with Gasteiger partial charge in [0.05, 0.1) is 18.2 Å². The lowest BCUT2D eigenvalue weighted by atomic mass is 9.84. The Morgan fingerprint density at radius 2 is 1.97 bits per heavy atom. The lowest BCUT2D eigenvalue weighted by Gasteiger charge is -2.33. The van der Waals surface area contributed by atoms with Crippen molar-refractivity contribution in [3.63, 3.8) is 0 Å². The molecule has 2 N–H and O–H groups in total. The molecule has 0 radical (unpaired) electrons. The Hall–Kier alpha value is -2.83. The van der Waals surface area contributed by atoms with Crippen molar-refractivity contribution in [3.8, 4) is 0 Å². The number of rotatable bonds is 7. The quantitative estimate of drug-likeness (QED) is 0.619. The van der Waals surface area contributed by atoms with Crippen molar-refractivity contribution in [1.29, 1.82) is 0 Å². The van der Waals surface area contributed by atoms with Gasteiger partial charge in [0.2, 0.25) is 5.91 Å². The molecule has 0 spiro atoms. The lowest BCUT2D eigenvalue weighted by molar-refractivity contribution is -0.139. The first kappa shape index (κ1) is 24.4. The molecule has 1 aromatic carbocycles. The second kappa shape index (κ2) is 9.98. The minimum absolute atomic E-state index is 0.0568. The van der Waals surface area contributed by atoms with E-state index in [2.05, 4.69) is 38.3 Å². The van der Waals surface area contributed by atoms with E-state index in [0.717, 1.165) is 6.42 Å². The van der Waals surface area contributed by atoms with Crippen molar-refractivity contribution in [2.45, 2.75) is 60.4 Å². The van der Waals surface area contributed by atoms with Gasteiger partial charge in [0.25, 0.3) is 0 Å². The molecule has 31 heavy (non-hydrogen) atoms. The van der Waals surface area contributed by atoms with E-state index in [1.165, 1.54) is 4.90 Å². The van der Waals surface area contributed by atoms with E-state index in [-0.39, 0.29) is 29.9 Å². The number of nitrogens with one attached hydrogen (secondary N) is 2. The number of allylic oxidation sites excluding steroid dienone is 1. The molecule has 2 rings (SSSR count). The summed E-state index contributed by atoms with van der Waals surface area (Å²) >= 11 is 0. The molecule has 0 aromatic heterocycles. The number of ether oxygens (including phenoxy) is 1. The van der Waals surface area contributed by atoms with Crippen LogP contribution in [0.4, 0.5) is 10.5 Å². The molecule has 1 aromatic rings. The normalized spacial score (nSPS) is 17.8. The molecular formula is C24H35N3O4. The van der Waals surface area contributed by atoms with E-state index in [4.69, 9.17) is 4.74 Å². The third-order valence-electron chi connectivity index (χ3n) is 5.25. The van der Waals surface area contributed by atoms with Crippen LogP contribution in [0.5, 0.6) is 0 Å². The van der Waals surface area contributed by atoms with Crippen LogP contribution in [-0.4, -0.2) is 36.5 Å². The number of urea groups is 1. The third kappa shape index (κ3) is 6.57. The number of carbonyl (C=O) groups excluding carboxylic acids is 3. The molecule has 3 amide bonds. The van der Waals surface area contributed by atoms with Gasteiger partial charge in [0, 0.05) is 24.9 Å². The van der Waals surface area contributed by atoms with E-state index in [1.807, 2.05) is 6.07 Å². The molecule has 0 unspecified atom stereocenters. The Bertz CT molecular complexity index is 870. The number of carbonyl (C=O) groups is 3. The van der Waals surface area contributed by atoms with Gasteiger partial charge in [-0.3, -0.25) is 4.79 Å². The summed E-state index contributed by atoms with van der Waals surface area (Å²) in [7, 11) is 1.61. The maximum Gasteiger partial charge on any atom is 0.338 e. The summed E-state index contributed by atoms with van der Waals surface area (Å²) < 4.78 is 5.22. The van der Waals surface area contributed by atoms with Gasteiger partial charge in [-0.2, -0.15) is 0 Å². The van der Waals surface area contributed by atoms with Crippen LogP contribution in [0, 0.1) is 11.3 Å². The molecule has 2 atom stereocenters. The fraction of sp³-hybridized carbons (Fsp3) is 0.542. The van der Waals surface area contributed by atoms with Gasteiger partial charge in [-0.15, -0.1) is 0 Å². The number of hydrogen-bond donors (Lipinski definition) is 2. The monoisotopic (exact) mass is 429 g/mol. The second-order valence-electron chi connectivity index (χ2n) is 9.41. The van der Waals surface area contributed by atoms with E-state index in [9.17, 15) is 14.4 Å². The van der Waals surface area contributed by atoms with Gasteiger partial charge < -0.3 is 20.3 Å². The summed E-state index contributed by atoms with van der Waals surface area (Å²) in [6.45, 7) is 12.3. The summed E-state index contributed by atoms with van der Waals surface area (Å²) in [4.78, 5) is 38.9. The number of benzene rings is 1. The molecule has 7 nitrogen and oxygen atoms in total. The van der Waals surface area contributed by atoms with Crippen molar-refractivity contribution in [2.75, 3.05) is 19.0 Å². The number of anilines is 1. The zero-order chi connectivity index (χ0) is 23.3. The zero-order valence-electron chi connectivity index (χ0n) is 19.7. The Morgan fingerprint density at radius 1 is 1.29 bits per heavy atom. The van der Waals surface area contributed by atoms with Crippen LogP contribution < -0.4 is 10.6 Å². The molecular weight excluding hydrogens is 394 g/mol. The zero-order valence-corrected chi connectivity index (χ0v) is 19.7. The van der Waals surface area contributed by atoms with Crippen LogP contribution in [-0.2, 0) is 14.3 Å². The smallest absolute Gasteiger partial charge is 0.338 e. The van der Waals surface area contributed by atoms with Gasteiger partial charge in [0.1, 0.15) is 0 Å². The summed E-state index contributed by atoms with van der Waals surface area (Å²) in [6, 6.07) is 6.25. The molecule has 0 aliphatic carbocycles. The summed E-state index contributed by atoms with van der Waals surface area (Å²) in [6.07, 6.45) is 1.38. The molecule has 0 bridgehead atoms. The average Bonchev–Trinajstić information content (AvgIpc) is 2.64. The molecule has 0 saturated carbocycles. The molecule has 0 fully saturated rings. The Morgan fingerprint density at radius 3 is 2.58 bits per heavy atom. The van der Waals surface area contributed by atoms with Crippen LogP contribution in [0.1, 0.15) is 66.0 Å².